The summed E-state index contributed by atoms with van der Waals surface area (Å²) in [7, 11) is 0. The highest BCUT2D eigenvalue weighted by molar-refractivity contribution is 7.99. The number of thioether (sulfide) groups is 1. The first-order valence-corrected chi connectivity index (χ1v) is 10.9. The highest BCUT2D eigenvalue weighted by Gasteiger charge is 2.19. The predicted octanol–water partition coefficient (Wildman–Crippen LogP) is 5.28. The Bertz CT molecular complexity index is 1370. The third-order valence-electron chi connectivity index (χ3n) is 5.08. The fourth-order valence-corrected chi connectivity index (χ4v) is 4.46. The Morgan fingerprint density at radius 3 is 2.68 bits per heavy atom. The van der Waals surface area contributed by atoms with Crippen LogP contribution in [0.3, 0.4) is 0 Å². The number of para-hydroxylation sites is 1. The molecule has 0 bridgehead atoms. The summed E-state index contributed by atoms with van der Waals surface area (Å²) in [6, 6.07) is 21.4. The molecule has 3 aromatic heterocycles. The SMILES string of the molecule is CC(Sc1ncc(-c2ccccc2)n1Cc1ccco1)c1nc2ccccc2c(=O)[nH]1. The fourth-order valence-electron chi connectivity index (χ4n) is 3.51. The smallest absolute Gasteiger partial charge is 0.258 e. The number of hydrogen-bond donors (Lipinski definition) is 1. The molecule has 154 valence electrons. The molecule has 0 radical (unpaired) electrons. The molecule has 0 saturated carbocycles. The Morgan fingerprint density at radius 1 is 1.06 bits per heavy atom. The number of imidazole rings is 1. The maximum Gasteiger partial charge on any atom is 0.258 e. The number of fused-ring (bicyclic) bond motifs is 1. The van der Waals surface area contributed by atoms with Gasteiger partial charge in [0.1, 0.15) is 11.6 Å². The molecule has 0 aliphatic carbocycles. The maximum atomic E-state index is 12.5. The van der Waals surface area contributed by atoms with Crippen LogP contribution in [0.15, 0.2) is 93.6 Å². The molecule has 0 aliphatic heterocycles. The van der Waals surface area contributed by atoms with Gasteiger partial charge in [0.25, 0.3) is 5.56 Å². The zero-order chi connectivity index (χ0) is 21.2. The van der Waals surface area contributed by atoms with Crippen molar-refractivity contribution in [3.8, 4) is 11.3 Å². The number of furan rings is 1. The minimum atomic E-state index is -0.128. The van der Waals surface area contributed by atoms with Gasteiger partial charge in [0, 0.05) is 0 Å². The number of aromatic amines is 1. The molecule has 5 rings (SSSR count). The summed E-state index contributed by atoms with van der Waals surface area (Å²) in [5, 5.41) is 1.33. The second kappa shape index (κ2) is 8.28. The molecule has 1 atom stereocenters. The van der Waals surface area contributed by atoms with E-state index in [2.05, 4.69) is 31.7 Å². The lowest BCUT2D eigenvalue weighted by Crippen LogP contribution is -2.13. The lowest BCUT2D eigenvalue weighted by molar-refractivity contribution is 0.485. The molecule has 0 spiro atoms. The van der Waals surface area contributed by atoms with E-state index < -0.39 is 0 Å². The molecular formula is C24H20N4O2S. The quantitative estimate of drug-likeness (QED) is 0.372. The van der Waals surface area contributed by atoms with Crippen molar-refractivity contribution in [1.82, 2.24) is 19.5 Å². The van der Waals surface area contributed by atoms with Crippen molar-refractivity contribution in [2.75, 3.05) is 0 Å². The Morgan fingerprint density at radius 2 is 1.87 bits per heavy atom. The first kappa shape index (κ1) is 19.4. The zero-order valence-corrected chi connectivity index (χ0v) is 17.7. The Labute approximate surface area is 183 Å². The summed E-state index contributed by atoms with van der Waals surface area (Å²) in [5.74, 6) is 1.48. The number of hydrogen-bond acceptors (Lipinski definition) is 5. The minimum Gasteiger partial charge on any atom is -0.467 e. The van der Waals surface area contributed by atoms with Gasteiger partial charge in [-0.05, 0) is 36.8 Å². The van der Waals surface area contributed by atoms with Crippen LogP contribution in [-0.4, -0.2) is 19.5 Å². The lowest BCUT2D eigenvalue weighted by Gasteiger charge is -2.14. The van der Waals surface area contributed by atoms with Gasteiger partial charge in [-0.1, -0.05) is 54.2 Å². The first-order valence-electron chi connectivity index (χ1n) is 9.98. The summed E-state index contributed by atoms with van der Waals surface area (Å²) in [4.78, 5) is 24.8. The van der Waals surface area contributed by atoms with E-state index in [9.17, 15) is 4.79 Å². The first-order chi connectivity index (χ1) is 15.2. The van der Waals surface area contributed by atoms with Gasteiger partial charge in [-0.25, -0.2) is 9.97 Å². The van der Waals surface area contributed by atoms with Crippen molar-refractivity contribution in [3.05, 3.63) is 101 Å². The highest BCUT2D eigenvalue weighted by atomic mass is 32.2. The molecule has 3 heterocycles. The van der Waals surface area contributed by atoms with E-state index in [0.717, 1.165) is 22.2 Å². The number of H-pyrrole nitrogens is 1. The zero-order valence-electron chi connectivity index (χ0n) is 16.9. The summed E-state index contributed by atoms with van der Waals surface area (Å²) >= 11 is 1.56. The Kier molecular flexibility index (Phi) is 5.18. The largest absolute Gasteiger partial charge is 0.467 e. The van der Waals surface area contributed by atoms with Crippen LogP contribution in [0.4, 0.5) is 0 Å². The molecule has 5 aromatic rings. The van der Waals surface area contributed by atoms with Crippen LogP contribution in [0.2, 0.25) is 0 Å². The van der Waals surface area contributed by atoms with E-state index >= 15 is 0 Å². The average molecular weight is 429 g/mol. The minimum absolute atomic E-state index is 0.0984. The van der Waals surface area contributed by atoms with Gasteiger partial charge < -0.3 is 14.0 Å². The van der Waals surface area contributed by atoms with Crippen molar-refractivity contribution < 1.29 is 4.42 Å². The molecule has 0 saturated heterocycles. The molecule has 7 heteroatoms. The van der Waals surface area contributed by atoms with Crippen molar-refractivity contribution in [2.45, 2.75) is 23.9 Å². The molecule has 1 unspecified atom stereocenters. The Balaban J connectivity index is 1.51. The fraction of sp³-hybridized carbons (Fsp3) is 0.125. The van der Waals surface area contributed by atoms with Crippen LogP contribution in [0.1, 0.15) is 23.8 Å². The highest BCUT2D eigenvalue weighted by Crippen LogP contribution is 2.35. The van der Waals surface area contributed by atoms with E-state index in [1.54, 1.807) is 24.1 Å². The van der Waals surface area contributed by atoms with E-state index in [-0.39, 0.29) is 10.8 Å². The van der Waals surface area contributed by atoms with Gasteiger partial charge >= 0.3 is 0 Å². The lowest BCUT2D eigenvalue weighted by atomic mass is 10.2. The standard InChI is InChI=1S/C24H20N4O2S/c1-16(22-26-20-12-6-5-11-19(20)23(29)27-22)31-24-25-14-21(17-8-3-2-4-9-17)28(24)15-18-10-7-13-30-18/h2-14,16H,15H2,1H3,(H,26,27,29). The van der Waals surface area contributed by atoms with Crippen molar-refractivity contribution >= 4 is 22.7 Å². The molecule has 0 amide bonds. The van der Waals surface area contributed by atoms with Crippen molar-refractivity contribution in [1.29, 1.82) is 0 Å². The average Bonchev–Trinajstić information content (AvgIpc) is 3.45. The molecule has 1 N–H and O–H groups in total. The Hall–Kier alpha value is -3.58. The van der Waals surface area contributed by atoms with Crippen LogP contribution >= 0.6 is 11.8 Å². The molecule has 2 aromatic carbocycles. The van der Waals surface area contributed by atoms with E-state index in [0.29, 0.717) is 23.3 Å². The topological polar surface area (TPSA) is 76.7 Å². The monoisotopic (exact) mass is 428 g/mol. The number of benzene rings is 2. The number of nitrogens with zero attached hydrogens (tertiary/aromatic N) is 3. The number of rotatable bonds is 6. The van der Waals surface area contributed by atoms with Crippen LogP contribution in [0.5, 0.6) is 0 Å². The van der Waals surface area contributed by atoms with E-state index in [1.165, 1.54) is 0 Å². The summed E-state index contributed by atoms with van der Waals surface area (Å²) in [6.07, 6.45) is 3.55. The van der Waals surface area contributed by atoms with Crippen LogP contribution < -0.4 is 5.56 Å². The number of nitrogens with one attached hydrogen (secondary N) is 1. The molecule has 31 heavy (non-hydrogen) atoms. The summed E-state index contributed by atoms with van der Waals surface area (Å²) < 4.78 is 7.72. The molecular weight excluding hydrogens is 408 g/mol. The third-order valence-corrected chi connectivity index (χ3v) is 6.19. The van der Waals surface area contributed by atoms with Gasteiger partial charge in [-0.3, -0.25) is 4.79 Å². The predicted molar refractivity (Wildman–Crippen MR) is 122 cm³/mol. The van der Waals surface area contributed by atoms with Gasteiger partial charge in [0.05, 0.1) is 40.9 Å². The summed E-state index contributed by atoms with van der Waals surface area (Å²) in [6.45, 7) is 2.58. The maximum absolute atomic E-state index is 12.5. The van der Waals surface area contributed by atoms with Gasteiger partial charge in [-0.15, -0.1) is 0 Å². The van der Waals surface area contributed by atoms with Crippen molar-refractivity contribution in [3.63, 3.8) is 0 Å². The van der Waals surface area contributed by atoms with Crippen LogP contribution in [0.25, 0.3) is 22.2 Å². The molecule has 0 fully saturated rings. The van der Waals surface area contributed by atoms with E-state index in [4.69, 9.17) is 4.42 Å². The third kappa shape index (κ3) is 3.92. The van der Waals surface area contributed by atoms with E-state index in [1.807, 2.05) is 61.7 Å². The van der Waals surface area contributed by atoms with Crippen LogP contribution in [0, 0.1) is 0 Å². The second-order valence-electron chi connectivity index (χ2n) is 7.19. The normalized spacial score (nSPS) is 12.3. The van der Waals surface area contributed by atoms with Crippen LogP contribution in [-0.2, 0) is 6.54 Å². The summed E-state index contributed by atoms with van der Waals surface area (Å²) in [5.41, 5.74) is 2.65. The second-order valence-corrected chi connectivity index (χ2v) is 8.49. The molecule has 6 nitrogen and oxygen atoms in total. The van der Waals surface area contributed by atoms with Crippen molar-refractivity contribution in [2.24, 2.45) is 0 Å². The molecule has 0 aliphatic rings. The number of aromatic nitrogens is 4. The van der Waals surface area contributed by atoms with Gasteiger partial charge in [0.15, 0.2) is 5.16 Å². The van der Waals surface area contributed by atoms with Gasteiger partial charge in [0.2, 0.25) is 0 Å². The van der Waals surface area contributed by atoms with Gasteiger partial charge in [-0.2, -0.15) is 0 Å².